The van der Waals surface area contributed by atoms with Crippen LogP contribution < -0.4 is 5.32 Å². The molecule has 2 aliphatic rings. The van der Waals surface area contributed by atoms with Crippen LogP contribution in [-0.2, 0) is 0 Å². The lowest BCUT2D eigenvalue weighted by atomic mass is 9.89. The molecule has 0 aromatic carbocycles. The van der Waals surface area contributed by atoms with Crippen molar-refractivity contribution in [3.8, 4) is 0 Å². The third-order valence-electron chi connectivity index (χ3n) is 3.83. The van der Waals surface area contributed by atoms with Crippen LogP contribution in [0.3, 0.4) is 0 Å². The van der Waals surface area contributed by atoms with E-state index in [1.807, 2.05) is 0 Å². The van der Waals surface area contributed by atoms with Crippen LogP contribution in [0.25, 0.3) is 0 Å². The van der Waals surface area contributed by atoms with Gasteiger partial charge in [-0.3, -0.25) is 0 Å². The van der Waals surface area contributed by atoms with Crippen LogP contribution >= 0.6 is 0 Å². The molecule has 3 rings (SSSR count). The second kappa shape index (κ2) is 4.44. The fraction of sp³-hybridized carbons (Fsp3) is 0.833. The number of hydrogen-bond acceptors (Lipinski definition) is 4. The summed E-state index contributed by atoms with van der Waals surface area (Å²) < 4.78 is 5.70. The molecule has 0 radical (unpaired) electrons. The summed E-state index contributed by atoms with van der Waals surface area (Å²) in [5.74, 6) is 1.36. The molecule has 1 N–H and O–H groups in total. The zero-order valence-electron chi connectivity index (χ0n) is 9.61. The van der Waals surface area contributed by atoms with Gasteiger partial charge in [0.15, 0.2) is 0 Å². The van der Waals surface area contributed by atoms with Crippen LogP contribution in [0, 0.1) is 0 Å². The Hall–Kier alpha value is -1.06. The van der Waals surface area contributed by atoms with Crippen LogP contribution in [0.2, 0.25) is 0 Å². The number of aromatic nitrogens is 2. The molecule has 2 saturated carbocycles. The molecule has 1 aromatic heterocycles. The molecular formula is C12H19N3O. The van der Waals surface area contributed by atoms with Crippen LogP contribution in [-0.4, -0.2) is 16.2 Å². The van der Waals surface area contributed by atoms with Crippen molar-refractivity contribution >= 4 is 6.01 Å². The lowest BCUT2D eigenvalue weighted by Crippen LogP contribution is -2.27. The molecule has 0 unspecified atom stereocenters. The first-order valence-electron chi connectivity index (χ1n) is 6.52. The quantitative estimate of drug-likeness (QED) is 0.852. The molecule has 1 heterocycles. The van der Waals surface area contributed by atoms with Crippen molar-refractivity contribution in [3.05, 3.63) is 5.89 Å². The van der Waals surface area contributed by atoms with Gasteiger partial charge in [0, 0.05) is 12.0 Å². The van der Waals surface area contributed by atoms with Gasteiger partial charge < -0.3 is 9.73 Å². The molecule has 1 aromatic rings. The van der Waals surface area contributed by atoms with Gasteiger partial charge in [-0.15, -0.1) is 5.10 Å². The number of anilines is 1. The Morgan fingerprint density at radius 2 is 1.75 bits per heavy atom. The van der Waals surface area contributed by atoms with E-state index in [0.717, 1.165) is 5.89 Å². The van der Waals surface area contributed by atoms with Crippen molar-refractivity contribution in [3.63, 3.8) is 0 Å². The molecule has 4 heteroatoms. The van der Waals surface area contributed by atoms with Crippen LogP contribution in [0.5, 0.6) is 0 Å². The van der Waals surface area contributed by atoms with Gasteiger partial charge >= 0.3 is 6.01 Å². The molecule has 0 spiro atoms. The highest BCUT2D eigenvalue weighted by Crippen LogP contribution is 2.32. The Morgan fingerprint density at radius 1 is 0.938 bits per heavy atom. The van der Waals surface area contributed by atoms with Gasteiger partial charge in [-0.2, -0.15) is 0 Å². The van der Waals surface area contributed by atoms with E-state index < -0.39 is 0 Å². The van der Waals surface area contributed by atoms with E-state index >= 15 is 0 Å². The Bertz CT molecular complexity index is 340. The Morgan fingerprint density at radius 3 is 2.44 bits per heavy atom. The predicted octanol–water partition coefficient (Wildman–Crippen LogP) is 3.08. The highest BCUT2D eigenvalue weighted by atomic mass is 16.4. The number of nitrogens with zero attached hydrogens (tertiary/aromatic N) is 2. The summed E-state index contributed by atoms with van der Waals surface area (Å²) in [6.45, 7) is 0. The smallest absolute Gasteiger partial charge is 0.315 e. The van der Waals surface area contributed by atoms with Gasteiger partial charge in [0.05, 0.1) is 0 Å². The van der Waals surface area contributed by atoms with Crippen molar-refractivity contribution in [2.75, 3.05) is 5.32 Å². The van der Waals surface area contributed by atoms with Gasteiger partial charge in [0.1, 0.15) is 0 Å². The molecular weight excluding hydrogens is 202 g/mol. The SMILES string of the molecule is C1CCC(c2nnc(NC3CCC3)o2)CC1. The summed E-state index contributed by atoms with van der Waals surface area (Å²) in [5, 5.41) is 11.6. The molecule has 16 heavy (non-hydrogen) atoms. The van der Waals surface area contributed by atoms with Crippen molar-refractivity contribution in [2.45, 2.75) is 63.3 Å². The Labute approximate surface area is 95.8 Å². The maximum absolute atomic E-state index is 5.70. The van der Waals surface area contributed by atoms with E-state index in [-0.39, 0.29) is 0 Å². The minimum absolute atomic E-state index is 0.512. The van der Waals surface area contributed by atoms with Gasteiger partial charge in [-0.05, 0) is 32.1 Å². The average Bonchev–Trinajstić information content (AvgIpc) is 2.73. The molecule has 0 amide bonds. The maximum atomic E-state index is 5.70. The first-order chi connectivity index (χ1) is 7.92. The molecule has 0 saturated heterocycles. The first kappa shape index (κ1) is 10.1. The van der Waals surface area contributed by atoms with E-state index in [0.29, 0.717) is 18.0 Å². The minimum atomic E-state index is 0.512. The molecule has 0 bridgehead atoms. The topological polar surface area (TPSA) is 51.0 Å². The molecule has 2 fully saturated rings. The van der Waals surface area contributed by atoms with Crippen LogP contribution in [0.15, 0.2) is 4.42 Å². The fourth-order valence-corrected chi connectivity index (χ4v) is 2.53. The van der Waals surface area contributed by atoms with Gasteiger partial charge in [-0.1, -0.05) is 24.4 Å². The number of rotatable bonds is 3. The van der Waals surface area contributed by atoms with Gasteiger partial charge in [0.25, 0.3) is 0 Å². The van der Waals surface area contributed by atoms with Crippen LogP contribution in [0.1, 0.15) is 63.2 Å². The lowest BCUT2D eigenvalue weighted by molar-refractivity contribution is 0.362. The van der Waals surface area contributed by atoms with Crippen molar-refractivity contribution in [1.82, 2.24) is 10.2 Å². The third kappa shape index (κ3) is 2.06. The summed E-state index contributed by atoms with van der Waals surface area (Å²) in [6, 6.07) is 1.20. The Balaban J connectivity index is 1.61. The van der Waals surface area contributed by atoms with E-state index in [2.05, 4.69) is 15.5 Å². The zero-order chi connectivity index (χ0) is 10.8. The highest BCUT2D eigenvalue weighted by molar-refractivity contribution is 5.21. The van der Waals surface area contributed by atoms with E-state index in [4.69, 9.17) is 4.42 Å². The minimum Gasteiger partial charge on any atom is -0.408 e. The van der Waals surface area contributed by atoms with Crippen LogP contribution in [0.4, 0.5) is 6.01 Å². The normalized spacial score (nSPS) is 23.0. The molecule has 88 valence electrons. The summed E-state index contributed by atoms with van der Waals surface area (Å²) in [5.41, 5.74) is 0. The number of nitrogens with one attached hydrogen (secondary N) is 1. The standard InChI is InChI=1S/C12H19N3O/c1-2-5-9(6-3-1)11-14-15-12(16-11)13-10-7-4-8-10/h9-10H,1-8H2,(H,13,15). The third-order valence-corrected chi connectivity index (χ3v) is 3.83. The highest BCUT2D eigenvalue weighted by Gasteiger charge is 2.23. The van der Waals surface area contributed by atoms with Crippen molar-refractivity contribution in [1.29, 1.82) is 0 Å². The molecule has 0 aliphatic heterocycles. The predicted molar refractivity (Wildman–Crippen MR) is 61.4 cm³/mol. The largest absolute Gasteiger partial charge is 0.408 e. The average molecular weight is 221 g/mol. The monoisotopic (exact) mass is 221 g/mol. The van der Waals surface area contributed by atoms with E-state index in [9.17, 15) is 0 Å². The Kier molecular flexibility index (Phi) is 2.80. The fourth-order valence-electron chi connectivity index (χ4n) is 2.53. The second-order valence-electron chi connectivity index (χ2n) is 5.05. The zero-order valence-corrected chi connectivity index (χ0v) is 9.61. The summed E-state index contributed by atoms with van der Waals surface area (Å²) in [6.07, 6.45) is 10.2. The molecule has 0 atom stereocenters. The maximum Gasteiger partial charge on any atom is 0.315 e. The summed E-state index contributed by atoms with van der Waals surface area (Å²) >= 11 is 0. The van der Waals surface area contributed by atoms with E-state index in [1.165, 1.54) is 51.4 Å². The molecule has 4 nitrogen and oxygen atoms in total. The second-order valence-corrected chi connectivity index (χ2v) is 5.05. The molecule has 2 aliphatic carbocycles. The van der Waals surface area contributed by atoms with Gasteiger partial charge in [-0.25, -0.2) is 0 Å². The first-order valence-corrected chi connectivity index (χ1v) is 6.52. The lowest BCUT2D eigenvalue weighted by Gasteiger charge is -2.25. The van der Waals surface area contributed by atoms with Crippen molar-refractivity contribution in [2.24, 2.45) is 0 Å². The van der Waals surface area contributed by atoms with Crippen molar-refractivity contribution < 1.29 is 4.42 Å². The number of hydrogen-bond donors (Lipinski definition) is 1. The summed E-state index contributed by atoms with van der Waals surface area (Å²) in [4.78, 5) is 0. The summed E-state index contributed by atoms with van der Waals surface area (Å²) in [7, 11) is 0. The van der Waals surface area contributed by atoms with E-state index in [1.54, 1.807) is 0 Å². The van der Waals surface area contributed by atoms with Gasteiger partial charge in [0.2, 0.25) is 5.89 Å².